The molecule has 0 unspecified atom stereocenters. The number of alkyl halides is 1. The van der Waals surface area contributed by atoms with Crippen molar-refractivity contribution in [3.8, 4) is 0 Å². The molecule has 0 radical (unpaired) electrons. The monoisotopic (exact) mass is 203 g/mol. The molecule has 0 aliphatic carbocycles. The molecule has 1 aromatic heterocycles. The van der Waals surface area contributed by atoms with E-state index in [1.54, 1.807) is 0 Å². The van der Waals surface area contributed by atoms with Crippen LogP contribution in [-0.2, 0) is 6.54 Å². The largest absolute Gasteiger partial charge is 0.870 e. The molecule has 1 rings (SSSR count). The first-order valence-electron chi connectivity index (χ1n) is 2.93. The van der Waals surface area contributed by atoms with Crippen molar-refractivity contribution in [2.45, 2.75) is 6.54 Å². The van der Waals surface area contributed by atoms with E-state index >= 15 is 0 Å². The molecule has 0 aromatic carbocycles. The molecule has 3 heteroatoms. The standard InChI is InChI=1S/C7H9BrN.H2O/c8-4-7-9-5-2-1-3-6-9;/h1-3,5-6H,4,7H2;1H2/q+1;/p-1. The van der Waals surface area contributed by atoms with Crippen molar-refractivity contribution in [3.05, 3.63) is 30.6 Å². The SMILES string of the molecule is BrCC[n+]1ccccc1.[OH-]. The summed E-state index contributed by atoms with van der Waals surface area (Å²) < 4.78 is 2.13. The smallest absolute Gasteiger partial charge is 0.168 e. The number of hydrogen-bond donors (Lipinski definition) is 0. The predicted molar refractivity (Wildman–Crippen MR) is 42.4 cm³/mol. The molecule has 0 fully saturated rings. The fourth-order valence-corrected chi connectivity index (χ4v) is 1.09. The normalized spacial score (nSPS) is 8.50. The average Bonchev–Trinajstić information content (AvgIpc) is 1.91. The lowest BCUT2D eigenvalue weighted by atomic mass is 10.5. The zero-order valence-electron chi connectivity index (χ0n) is 5.57. The van der Waals surface area contributed by atoms with Crippen LogP contribution in [0.2, 0.25) is 0 Å². The van der Waals surface area contributed by atoms with E-state index in [-0.39, 0.29) is 5.48 Å². The van der Waals surface area contributed by atoms with Crippen LogP contribution in [-0.4, -0.2) is 10.8 Å². The number of rotatable bonds is 2. The van der Waals surface area contributed by atoms with Crippen molar-refractivity contribution in [3.63, 3.8) is 0 Å². The molecule has 0 aliphatic rings. The summed E-state index contributed by atoms with van der Waals surface area (Å²) in [6, 6.07) is 6.08. The van der Waals surface area contributed by atoms with Crippen LogP contribution in [0.3, 0.4) is 0 Å². The third-order valence-corrected chi connectivity index (χ3v) is 1.47. The lowest BCUT2D eigenvalue weighted by Crippen LogP contribution is -2.32. The molecular formula is C7H10BrNO. The van der Waals surface area contributed by atoms with Crippen LogP contribution in [0.1, 0.15) is 0 Å². The molecule has 0 amide bonds. The minimum atomic E-state index is 0. The second kappa shape index (κ2) is 5.38. The van der Waals surface area contributed by atoms with E-state index < -0.39 is 0 Å². The second-order valence-electron chi connectivity index (χ2n) is 1.80. The number of aryl methyl sites for hydroxylation is 1. The van der Waals surface area contributed by atoms with E-state index in [2.05, 4.69) is 32.9 Å². The van der Waals surface area contributed by atoms with E-state index in [4.69, 9.17) is 0 Å². The number of aromatic nitrogens is 1. The predicted octanol–water partition coefficient (Wildman–Crippen LogP) is 1.19. The zero-order valence-corrected chi connectivity index (χ0v) is 7.16. The first-order chi connectivity index (χ1) is 4.43. The first-order valence-corrected chi connectivity index (χ1v) is 4.05. The third-order valence-electron chi connectivity index (χ3n) is 1.12. The Hall–Kier alpha value is -0.410. The van der Waals surface area contributed by atoms with Crippen molar-refractivity contribution >= 4 is 15.9 Å². The van der Waals surface area contributed by atoms with E-state index in [1.807, 2.05) is 18.2 Å². The highest BCUT2D eigenvalue weighted by Gasteiger charge is 1.91. The highest BCUT2D eigenvalue weighted by Crippen LogP contribution is 1.80. The molecule has 10 heavy (non-hydrogen) atoms. The van der Waals surface area contributed by atoms with Crippen LogP contribution in [0.15, 0.2) is 30.6 Å². The fourth-order valence-electron chi connectivity index (χ4n) is 0.681. The van der Waals surface area contributed by atoms with E-state index in [9.17, 15) is 0 Å². The van der Waals surface area contributed by atoms with Gasteiger partial charge in [0.1, 0.15) is 0 Å². The molecule has 0 aliphatic heterocycles. The van der Waals surface area contributed by atoms with E-state index in [0.717, 1.165) is 11.9 Å². The lowest BCUT2D eigenvalue weighted by molar-refractivity contribution is -0.692. The Morgan fingerprint density at radius 3 is 2.20 bits per heavy atom. The summed E-state index contributed by atoms with van der Waals surface area (Å²) >= 11 is 3.37. The van der Waals surface area contributed by atoms with Crippen LogP contribution < -0.4 is 4.57 Å². The Balaban J connectivity index is 0.000000810. The van der Waals surface area contributed by atoms with Crippen molar-refractivity contribution in [1.82, 2.24) is 0 Å². The van der Waals surface area contributed by atoms with Crippen LogP contribution in [0.5, 0.6) is 0 Å². The fraction of sp³-hybridized carbons (Fsp3) is 0.286. The Labute approximate surface area is 68.9 Å². The summed E-state index contributed by atoms with van der Waals surface area (Å²) in [6.45, 7) is 1.04. The molecular weight excluding hydrogens is 194 g/mol. The highest BCUT2D eigenvalue weighted by molar-refractivity contribution is 9.09. The summed E-state index contributed by atoms with van der Waals surface area (Å²) in [5.41, 5.74) is 0. The number of pyridine rings is 1. The van der Waals surface area contributed by atoms with Gasteiger partial charge >= 0.3 is 0 Å². The van der Waals surface area contributed by atoms with Gasteiger partial charge < -0.3 is 5.48 Å². The third kappa shape index (κ3) is 2.94. The summed E-state index contributed by atoms with van der Waals surface area (Å²) in [7, 11) is 0. The van der Waals surface area contributed by atoms with Crippen molar-refractivity contribution < 1.29 is 10.0 Å². The van der Waals surface area contributed by atoms with Crippen molar-refractivity contribution in [1.29, 1.82) is 0 Å². The Morgan fingerprint density at radius 2 is 1.70 bits per heavy atom. The minimum Gasteiger partial charge on any atom is -0.870 e. The maximum absolute atomic E-state index is 3.37. The number of nitrogens with zero attached hydrogens (tertiary/aromatic N) is 1. The van der Waals surface area contributed by atoms with Gasteiger partial charge in [0.2, 0.25) is 0 Å². The summed E-state index contributed by atoms with van der Waals surface area (Å²) in [5, 5.41) is 1.02. The van der Waals surface area contributed by atoms with E-state index in [1.165, 1.54) is 0 Å². The van der Waals surface area contributed by atoms with Gasteiger partial charge in [0.05, 0.1) is 5.33 Å². The number of halogens is 1. The quantitative estimate of drug-likeness (QED) is 0.526. The van der Waals surface area contributed by atoms with Gasteiger partial charge in [-0.25, -0.2) is 4.57 Å². The summed E-state index contributed by atoms with van der Waals surface area (Å²) in [6.07, 6.45) is 4.11. The zero-order chi connectivity index (χ0) is 6.53. The van der Waals surface area contributed by atoms with Crippen LogP contribution in [0.25, 0.3) is 0 Å². The van der Waals surface area contributed by atoms with Crippen molar-refractivity contribution in [2.75, 3.05) is 5.33 Å². The first kappa shape index (κ1) is 9.59. The van der Waals surface area contributed by atoms with Gasteiger partial charge in [-0.3, -0.25) is 0 Å². The lowest BCUT2D eigenvalue weighted by Gasteiger charge is -1.88. The maximum atomic E-state index is 3.37. The summed E-state index contributed by atoms with van der Waals surface area (Å²) in [5.74, 6) is 0. The Kier molecular flexibility index (Phi) is 5.16. The molecule has 56 valence electrons. The van der Waals surface area contributed by atoms with Gasteiger partial charge in [0, 0.05) is 12.1 Å². The molecule has 1 aromatic rings. The topological polar surface area (TPSA) is 33.9 Å². The summed E-state index contributed by atoms with van der Waals surface area (Å²) in [4.78, 5) is 0. The molecule has 1 N–H and O–H groups in total. The Morgan fingerprint density at radius 1 is 1.10 bits per heavy atom. The molecule has 1 heterocycles. The van der Waals surface area contributed by atoms with Crippen LogP contribution >= 0.6 is 15.9 Å². The van der Waals surface area contributed by atoms with Gasteiger partial charge in [0.15, 0.2) is 18.9 Å². The maximum Gasteiger partial charge on any atom is 0.168 e. The van der Waals surface area contributed by atoms with Gasteiger partial charge in [-0.1, -0.05) is 22.0 Å². The van der Waals surface area contributed by atoms with Gasteiger partial charge in [-0.2, -0.15) is 0 Å². The van der Waals surface area contributed by atoms with Gasteiger partial charge in [-0.05, 0) is 0 Å². The Bertz CT molecular complexity index is 167. The van der Waals surface area contributed by atoms with E-state index in [0.29, 0.717) is 0 Å². The molecule has 0 spiro atoms. The van der Waals surface area contributed by atoms with Gasteiger partial charge in [-0.15, -0.1) is 0 Å². The molecule has 0 saturated heterocycles. The van der Waals surface area contributed by atoms with Crippen molar-refractivity contribution in [2.24, 2.45) is 0 Å². The van der Waals surface area contributed by atoms with Gasteiger partial charge in [0.25, 0.3) is 0 Å². The molecule has 0 bridgehead atoms. The average molecular weight is 204 g/mol. The molecule has 0 atom stereocenters. The van der Waals surface area contributed by atoms with Crippen LogP contribution in [0, 0.1) is 0 Å². The second-order valence-corrected chi connectivity index (χ2v) is 2.60. The molecule has 0 saturated carbocycles. The molecule has 2 nitrogen and oxygen atoms in total. The van der Waals surface area contributed by atoms with Crippen LogP contribution in [0.4, 0.5) is 0 Å². The number of hydrogen-bond acceptors (Lipinski definition) is 1. The minimum absolute atomic E-state index is 0. The highest BCUT2D eigenvalue weighted by atomic mass is 79.9.